The SMILES string of the molecule is CC(C)(C)OC(=O)NCc1ccc(Cl)cc1CNC(=O)[C@@H]1CN(C(=O)OC(C)(C)C)CCN1. The molecule has 0 radical (unpaired) electrons. The van der Waals surface area contributed by atoms with Gasteiger partial charge in [0.25, 0.3) is 0 Å². The first-order valence-corrected chi connectivity index (χ1v) is 11.3. The molecule has 33 heavy (non-hydrogen) atoms. The van der Waals surface area contributed by atoms with Crippen molar-refractivity contribution in [2.24, 2.45) is 0 Å². The lowest BCUT2D eigenvalue weighted by Crippen LogP contribution is -2.58. The molecule has 10 heteroatoms. The highest BCUT2D eigenvalue weighted by molar-refractivity contribution is 6.30. The molecule has 2 rings (SSSR count). The monoisotopic (exact) mass is 482 g/mol. The number of piperazine rings is 1. The highest BCUT2D eigenvalue weighted by atomic mass is 35.5. The number of amides is 3. The van der Waals surface area contributed by atoms with Crippen LogP contribution in [-0.2, 0) is 27.4 Å². The molecule has 0 aliphatic carbocycles. The number of nitrogens with one attached hydrogen (secondary N) is 3. The molecule has 9 nitrogen and oxygen atoms in total. The van der Waals surface area contributed by atoms with E-state index in [4.69, 9.17) is 21.1 Å². The number of nitrogens with zero attached hydrogens (tertiary/aromatic N) is 1. The molecule has 1 aromatic carbocycles. The molecule has 0 spiro atoms. The zero-order valence-electron chi connectivity index (χ0n) is 20.2. The molecular formula is C23H35ClN4O5. The summed E-state index contributed by atoms with van der Waals surface area (Å²) in [6.45, 7) is 12.4. The van der Waals surface area contributed by atoms with Crippen molar-refractivity contribution in [3.05, 3.63) is 34.3 Å². The fourth-order valence-electron chi connectivity index (χ4n) is 3.14. The highest BCUT2D eigenvalue weighted by Crippen LogP contribution is 2.17. The second-order valence-corrected chi connectivity index (χ2v) is 10.4. The number of carbonyl (C=O) groups is 3. The van der Waals surface area contributed by atoms with E-state index in [1.807, 2.05) is 0 Å². The van der Waals surface area contributed by atoms with Crippen LogP contribution >= 0.6 is 11.6 Å². The average molecular weight is 483 g/mol. The molecular weight excluding hydrogens is 448 g/mol. The molecule has 1 heterocycles. The smallest absolute Gasteiger partial charge is 0.410 e. The van der Waals surface area contributed by atoms with Crippen molar-refractivity contribution in [2.75, 3.05) is 19.6 Å². The van der Waals surface area contributed by atoms with Gasteiger partial charge >= 0.3 is 12.2 Å². The minimum absolute atomic E-state index is 0.212. The van der Waals surface area contributed by atoms with Crippen molar-refractivity contribution >= 4 is 29.7 Å². The van der Waals surface area contributed by atoms with Crippen LogP contribution in [0.4, 0.5) is 9.59 Å². The van der Waals surface area contributed by atoms with Crippen LogP contribution in [0, 0.1) is 0 Å². The van der Waals surface area contributed by atoms with E-state index in [-0.39, 0.29) is 25.5 Å². The van der Waals surface area contributed by atoms with Gasteiger partial charge in [0.1, 0.15) is 17.2 Å². The lowest BCUT2D eigenvalue weighted by atomic mass is 10.1. The first-order valence-electron chi connectivity index (χ1n) is 11.0. The molecule has 1 atom stereocenters. The molecule has 0 aromatic heterocycles. The maximum Gasteiger partial charge on any atom is 0.410 e. The Hall–Kier alpha value is -2.52. The third-order valence-electron chi connectivity index (χ3n) is 4.59. The Morgan fingerprint density at radius 2 is 1.67 bits per heavy atom. The molecule has 1 aliphatic rings. The van der Waals surface area contributed by atoms with Gasteiger partial charge in [-0.3, -0.25) is 4.79 Å². The Bertz CT molecular complexity index is 863. The molecule has 0 unspecified atom stereocenters. The second kappa shape index (κ2) is 11.1. The predicted molar refractivity (Wildman–Crippen MR) is 126 cm³/mol. The number of hydrogen-bond acceptors (Lipinski definition) is 6. The van der Waals surface area contributed by atoms with Crippen LogP contribution in [0.2, 0.25) is 5.02 Å². The van der Waals surface area contributed by atoms with Gasteiger partial charge in [-0.25, -0.2) is 9.59 Å². The molecule has 1 aliphatic heterocycles. The van der Waals surface area contributed by atoms with E-state index < -0.39 is 29.4 Å². The fourth-order valence-corrected chi connectivity index (χ4v) is 3.33. The second-order valence-electron chi connectivity index (χ2n) is 9.92. The fraction of sp³-hybridized carbons (Fsp3) is 0.609. The Labute approximate surface area is 200 Å². The highest BCUT2D eigenvalue weighted by Gasteiger charge is 2.30. The van der Waals surface area contributed by atoms with Gasteiger partial charge in [-0.15, -0.1) is 0 Å². The lowest BCUT2D eigenvalue weighted by molar-refractivity contribution is -0.124. The van der Waals surface area contributed by atoms with E-state index >= 15 is 0 Å². The zero-order valence-corrected chi connectivity index (χ0v) is 21.0. The maximum absolute atomic E-state index is 12.8. The van der Waals surface area contributed by atoms with E-state index in [9.17, 15) is 14.4 Å². The van der Waals surface area contributed by atoms with Crippen LogP contribution < -0.4 is 16.0 Å². The van der Waals surface area contributed by atoms with E-state index in [2.05, 4.69) is 16.0 Å². The van der Waals surface area contributed by atoms with Gasteiger partial charge in [0.2, 0.25) is 5.91 Å². The molecule has 3 amide bonds. The Balaban J connectivity index is 1.95. The minimum atomic E-state index is -0.601. The summed E-state index contributed by atoms with van der Waals surface area (Å²) in [5.74, 6) is -0.241. The van der Waals surface area contributed by atoms with Crippen LogP contribution in [0.3, 0.4) is 0 Å². The molecule has 1 saturated heterocycles. The molecule has 1 fully saturated rings. The third-order valence-corrected chi connectivity index (χ3v) is 4.82. The van der Waals surface area contributed by atoms with Crippen molar-refractivity contribution < 1.29 is 23.9 Å². The molecule has 184 valence electrons. The van der Waals surface area contributed by atoms with Crippen LogP contribution in [0.25, 0.3) is 0 Å². The predicted octanol–water partition coefficient (Wildman–Crippen LogP) is 3.19. The van der Waals surface area contributed by atoms with Crippen LogP contribution in [0.5, 0.6) is 0 Å². The maximum atomic E-state index is 12.8. The molecule has 3 N–H and O–H groups in total. The summed E-state index contributed by atoms with van der Waals surface area (Å²) in [7, 11) is 0. The number of carbonyl (C=O) groups excluding carboxylic acids is 3. The molecule has 1 aromatic rings. The van der Waals surface area contributed by atoms with Gasteiger partial charge in [0.05, 0.1) is 0 Å². The van der Waals surface area contributed by atoms with Crippen LogP contribution in [0.15, 0.2) is 18.2 Å². The molecule has 0 bridgehead atoms. The first kappa shape index (κ1) is 26.7. The quantitative estimate of drug-likeness (QED) is 0.594. The van der Waals surface area contributed by atoms with Crippen molar-refractivity contribution in [1.29, 1.82) is 0 Å². The Morgan fingerprint density at radius 1 is 1.03 bits per heavy atom. The van der Waals surface area contributed by atoms with E-state index in [1.54, 1.807) is 59.7 Å². The number of alkyl carbamates (subject to hydrolysis) is 1. The van der Waals surface area contributed by atoms with Crippen molar-refractivity contribution in [3.63, 3.8) is 0 Å². The summed E-state index contributed by atoms with van der Waals surface area (Å²) in [4.78, 5) is 38.6. The van der Waals surface area contributed by atoms with Crippen molar-refractivity contribution in [1.82, 2.24) is 20.9 Å². The average Bonchev–Trinajstić information content (AvgIpc) is 2.68. The number of halogens is 1. The minimum Gasteiger partial charge on any atom is -0.444 e. The van der Waals surface area contributed by atoms with Crippen LogP contribution in [-0.4, -0.2) is 59.9 Å². The number of benzene rings is 1. The number of rotatable bonds is 5. The first-order chi connectivity index (χ1) is 15.2. The van der Waals surface area contributed by atoms with Gasteiger partial charge in [-0.2, -0.15) is 0 Å². The number of hydrogen-bond donors (Lipinski definition) is 3. The zero-order chi connectivity index (χ0) is 24.8. The third kappa shape index (κ3) is 9.47. The Morgan fingerprint density at radius 3 is 2.30 bits per heavy atom. The number of ether oxygens (including phenoxy) is 2. The standard InChI is InChI=1S/C23H35ClN4O5/c1-22(2,3)32-20(30)27-12-15-7-8-17(24)11-16(15)13-26-19(29)18-14-28(10-9-25-18)21(31)33-23(4,5)6/h7-8,11,18,25H,9-10,12-14H2,1-6H3,(H,26,29)(H,27,30)/t18-/m0/s1. The summed E-state index contributed by atoms with van der Waals surface area (Å²) in [6, 6.07) is 4.70. The van der Waals surface area contributed by atoms with Gasteiger partial charge in [-0.1, -0.05) is 17.7 Å². The largest absolute Gasteiger partial charge is 0.444 e. The summed E-state index contributed by atoms with van der Waals surface area (Å²) < 4.78 is 10.7. The van der Waals surface area contributed by atoms with E-state index in [1.165, 1.54) is 4.90 Å². The normalized spacial score (nSPS) is 16.7. The van der Waals surface area contributed by atoms with E-state index in [0.717, 1.165) is 11.1 Å². The summed E-state index contributed by atoms with van der Waals surface area (Å²) in [5.41, 5.74) is 0.376. The van der Waals surface area contributed by atoms with Crippen molar-refractivity contribution in [2.45, 2.75) is 71.9 Å². The topological polar surface area (TPSA) is 109 Å². The van der Waals surface area contributed by atoms with Gasteiger partial charge in [0, 0.05) is 37.7 Å². The van der Waals surface area contributed by atoms with Crippen molar-refractivity contribution in [3.8, 4) is 0 Å². The summed E-state index contributed by atoms with van der Waals surface area (Å²) in [6.07, 6.45) is -0.965. The van der Waals surface area contributed by atoms with Gasteiger partial charge in [-0.05, 0) is 64.8 Å². The molecule has 0 saturated carbocycles. The van der Waals surface area contributed by atoms with Gasteiger partial charge < -0.3 is 30.3 Å². The van der Waals surface area contributed by atoms with Crippen LogP contribution in [0.1, 0.15) is 52.7 Å². The van der Waals surface area contributed by atoms with Gasteiger partial charge in [0.15, 0.2) is 0 Å². The summed E-state index contributed by atoms with van der Waals surface area (Å²) in [5, 5.41) is 9.25. The summed E-state index contributed by atoms with van der Waals surface area (Å²) >= 11 is 6.14. The Kier molecular flexibility index (Phi) is 8.97. The lowest BCUT2D eigenvalue weighted by Gasteiger charge is -2.34. The van der Waals surface area contributed by atoms with E-state index in [0.29, 0.717) is 18.1 Å².